The summed E-state index contributed by atoms with van der Waals surface area (Å²) in [6.07, 6.45) is 2.97. The Morgan fingerprint density at radius 3 is 2.44 bits per heavy atom. The maximum atomic E-state index is 12.6. The molecule has 138 valence electrons. The first-order valence-corrected chi connectivity index (χ1v) is 9.28. The molecular formula is C20H30N2O3. The Balaban J connectivity index is 1.93. The Bertz CT molecular complexity index is 584. The van der Waals surface area contributed by atoms with Gasteiger partial charge in [-0.05, 0) is 37.0 Å². The summed E-state index contributed by atoms with van der Waals surface area (Å²) in [5, 5.41) is 0. The minimum absolute atomic E-state index is 0.110. The first-order valence-electron chi connectivity index (χ1n) is 9.28. The summed E-state index contributed by atoms with van der Waals surface area (Å²) in [4.78, 5) is 29.0. The smallest absolute Gasteiger partial charge is 0.227 e. The third-order valence-electron chi connectivity index (χ3n) is 4.98. The lowest BCUT2D eigenvalue weighted by molar-refractivity contribution is -0.136. The van der Waals surface area contributed by atoms with Crippen LogP contribution in [0.4, 0.5) is 0 Å². The molecule has 0 aliphatic carbocycles. The second-order valence-electron chi connectivity index (χ2n) is 6.60. The zero-order valence-electron chi connectivity index (χ0n) is 15.7. The number of nitrogens with zero attached hydrogens (tertiary/aromatic N) is 2. The predicted molar refractivity (Wildman–Crippen MR) is 98.5 cm³/mol. The first-order chi connectivity index (χ1) is 12.1. The SMILES string of the molecule is CCC(CC)C(=O)N1CCCN(C(=O)Cc2cccc(OC)c2)CC1. The van der Waals surface area contributed by atoms with Gasteiger partial charge in [0.2, 0.25) is 11.8 Å². The van der Waals surface area contributed by atoms with Crippen molar-refractivity contribution in [1.29, 1.82) is 0 Å². The zero-order valence-corrected chi connectivity index (χ0v) is 15.7. The van der Waals surface area contributed by atoms with Crippen LogP contribution in [-0.4, -0.2) is 54.9 Å². The van der Waals surface area contributed by atoms with Gasteiger partial charge in [0.05, 0.1) is 13.5 Å². The molecule has 0 saturated carbocycles. The van der Waals surface area contributed by atoms with Gasteiger partial charge in [0, 0.05) is 32.1 Å². The number of amides is 2. The van der Waals surface area contributed by atoms with Gasteiger partial charge < -0.3 is 14.5 Å². The van der Waals surface area contributed by atoms with E-state index in [1.807, 2.05) is 34.1 Å². The average Bonchev–Trinajstić information content (AvgIpc) is 2.89. The minimum atomic E-state index is 0.110. The van der Waals surface area contributed by atoms with Crippen LogP contribution in [0.25, 0.3) is 0 Å². The summed E-state index contributed by atoms with van der Waals surface area (Å²) in [7, 11) is 1.63. The number of rotatable bonds is 6. The van der Waals surface area contributed by atoms with Crippen LogP contribution in [-0.2, 0) is 16.0 Å². The second kappa shape index (κ2) is 9.44. The fourth-order valence-electron chi connectivity index (χ4n) is 3.35. The number of ether oxygens (including phenoxy) is 1. The van der Waals surface area contributed by atoms with E-state index in [1.54, 1.807) is 7.11 Å². The third-order valence-corrected chi connectivity index (χ3v) is 4.98. The monoisotopic (exact) mass is 346 g/mol. The van der Waals surface area contributed by atoms with Crippen molar-refractivity contribution < 1.29 is 14.3 Å². The van der Waals surface area contributed by atoms with Crippen molar-refractivity contribution in [1.82, 2.24) is 9.80 Å². The molecule has 1 fully saturated rings. The van der Waals surface area contributed by atoms with E-state index in [-0.39, 0.29) is 17.7 Å². The van der Waals surface area contributed by atoms with Crippen molar-refractivity contribution in [2.24, 2.45) is 5.92 Å². The van der Waals surface area contributed by atoms with Crippen LogP contribution in [0, 0.1) is 5.92 Å². The lowest BCUT2D eigenvalue weighted by atomic mass is 10.0. The van der Waals surface area contributed by atoms with Crippen LogP contribution in [0.15, 0.2) is 24.3 Å². The lowest BCUT2D eigenvalue weighted by Crippen LogP contribution is -2.40. The van der Waals surface area contributed by atoms with Crippen LogP contribution in [0.3, 0.4) is 0 Å². The van der Waals surface area contributed by atoms with E-state index in [4.69, 9.17) is 4.74 Å². The highest BCUT2D eigenvalue weighted by Crippen LogP contribution is 2.16. The van der Waals surface area contributed by atoms with Gasteiger partial charge in [0.1, 0.15) is 5.75 Å². The lowest BCUT2D eigenvalue weighted by Gasteiger charge is -2.25. The van der Waals surface area contributed by atoms with Crippen molar-refractivity contribution in [2.45, 2.75) is 39.5 Å². The summed E-state index contributed by atoms with van der Waals surface area (Å²) in [6, 6.07) is 7.63. The van der Waals surface area contributed by atoms with Gasteiger partial charge in [0.15, 0.2) is 0 Å². The zero-order chi connectivity index (χ0) is 18.2. The van der Waals surface area contributed by atoms with Gasteiger partial charge in [-0.25, -0.2) is 0 Å². The van der Waals surface area contributed by atoms with Gasteiger partial charge in [-0.1, -0.05) is 26.0 Å². The Hall–Kier alpha value is -2.04. The maximum absolute atomic E-state index is 12.6. The molecule has 0 unspecified atom stereocenters. The topological polar surface area (TPSA) is 49.9 Å². The maximum Gasteiger partial charge on any atom is 0.227 e. The van der Waals surface area contributed by atoms with E-state index in [0.29, 0.717) is 19.5 Å². The quantitative estimate of drug-likeness (QED) is 0.796. The van der Waals surface area contributed by atoms with Crippen LogP contribution in [0.2, 0.25) is 0 Å². The Morgan fingerprint density at radius 1 is 1.08 bits per heavy atom. The van der Waals surface area contributed by atoms with Crippen LogP contribution < -0.4 is 4.74 Å². The molecule has 0 aromatic heterocycles. The van der Waals surface area contributed by atoms with Crippen molar-refractivity contribution in [3.05, 3.63) is 29.8 Å². The summed E-state index contributed by atoms with van der Waals surface area (Å²) in [6.45, 7) is 6.85. The molecule has 0 atom stereocenters. The number of carbonyl (C=O) groups is 2. The Labute approximate surface area is 150 Å². The van der Waals surface area contributed by atoms with Crippen LogP contribution in [0.5, 0.6) is 5.75 Å². The highest BCUT2D eigenvalue weighted by molar-refractivity contribution is 5.80. The molecule has 0 bridgehead atoms. The van der Waals surface area contributed by atoms with E-state index < -0.39 is 0 Å². The van der Waals surface area contributed by atoms with E-state index in [2.05, 4.69) is 13.8 Å². The standard InChI is InChI=1S/C20H30N2O3/c1-4-17(5-2)20(24)22-11-7-10-21(12-13-22)19(23)15-16-8-6-9-18(14-16)25-3/h6,8-9,14,17H,4-5,7,10-13,15H2,1-3H3. The number of benzene rings is 1. The molecule has 1 aromatic carbocycles. The number of hydrogen-bond acceptors (Lipinski definition) is 3. The Morgan fingerprint density at radius 2 is 1.76 bits per heavy atom. The molecule has 0 spiro atoms. The van der Waals surface area contributed by atoms with Gasteiger partial charge in [-0.2, -0.15) is 0 Å². The summed E-state index contributed by atoms with van der Waals surface area (Å²) in [5.41, 5.74) is 0.957. The van der Waals surface area contributed by atoms with Gasteiger partial charge in [-0.3, -0.25) is 9.59 Å². The molecule has 1 saturated heterocycles. The van der Waals surface area contributed by atoms with Crippen molar-refractivity contribution in [3.8, 4) is 5.75 Å². The Kier molecular flexibility index (Phi) is 7.29. The third kappa shape index (κ3) is 5.21. The summed E-state index contributed by atoms with van der Waals surface area (Å²) in [5.74, 6) is 1.24. The fraction of sp³-hybridized carbons (Fsp3) is 0.600. The fourth-order valence-corrected chi connectivity index (χ4v) is 3.35. The number of methoxy groups -OCH3 is 1. The second-order valence-corrected chi connectivity index (χ2v) is 6.60. The molecule has 2 rings (SSSR count). The first kappa shape index (κ1) is 19.3. The molecule has 1 heterocycles. The van der Waals surface area contributed by atoms with Gasteiger partial charge in [0.25, 0.3) is 0 Å². The van der Waals surface area contributed by atoms with E-state index in [0.717, 1.165) is 43.7 Å². The molecule has 5 nitrogen and oxygen atoms in total. The van der Waals surface area contributed by atoms with E-state index in [1.165, 1.54) is 0 Å². The van der Waals surface area contributed by atoms with E-state index in [9.17, 15) is 9.59 Å². The summed E-state index contributed by atoms with van der Waals surface area (Å²) < 4.78 is 5.22. The molecule has 0 N–H and O–H groups in total. The highest BCUT2D eigenvalue weighted by atomic mass is 16.5. The molecular weight excluding hydrogens is 316 g/mol. The normalized spacial score (nSPS) is 15.2. The largest absolute Gasteiger partial charge is 0.497 e. The molecule has 0 radical (unpaired) electrons. The number of carbonyl (C=O) groups excluding carboxylic acids is 2. The molecule has 1 aromatic rings. The molecule has 1 aliphatic rings. The van der Waals surface area contributed by atoms with E-state index >= 15 is 0 Å². The van der Waals surface area contributed by atoms with Crippen molar-refractivity contribution >= 4 is 11.8 Å². The van der Waals surface area contributed by atoms with Gasteiger partial charge in [-0.15, -0.1) is 0 Å². The molecule has 1 aliphatic heterocycles. The minimum Gasteiger partial charge on any atom is -0.497 e. The summed E-state index contributed by atoms with van der Waals surface area (Å²) >= 11 is 0. The highest BCUT2D eigenvalue weighted by Gasteiger charge is 2.25. The molecule has 2 amide bonds. The molecule has 25 heavy (non-hydrogen) atoms. The average molecular weight is 346 g/mol. The molecule has 5 heteroatoms. The van der Waals surface area contributed by atoms with Crippen molar-refractivity contribution in [3.63, 3.8) is 0 Å². The van der Waals surface area contributed by atoms with Crippen LogP contribution >= 0.6 is 0 Å². The van der Waals surface area contributed by atoms with Gasteiger partial charge >= 0.3 is 0 Å². The van der Waals surface area contributed by atoms with Crippen molar-refractivity contribution in [2.75, 3.05) is 33.3 Å². The number of hydrogen-bond donors (Lipinski definition) is 0. The van der Waals surface area contributed by atoms with Crippen LogP contribution in [0.1, 0.15) is 38.7 Å². The predicted octanol–water partition coefficient (Wildman–Crippen LogP) is 2.73.